The van der Waals surface area contributed by atoms with Gasteiger partial charge in [0, 0.05) is 67.3 Å². The van der Waals surface area contributed by atoms with Crippen LogP contribution in [0.3, 0.4) is 0 Å². The largest absolute Gasteiger partial charge is 0.435 e. The van der Waals surface area contributed by atoms with Crippen LogP contribution in [0.4, 0.5) is 41.7 Å². The molecule has 1 aliphatic heterocycles. The van der Waals surface area contributed by atoms with Gasteiger partial charge in [0.2, 0.25) is 15.9 Å². The minimum absolute atomic E-state index is 0.0308. The molecule has 13 nitrogen and oxygen atoms in total. The van der Waals surface area contributed by atoms with E-state index in [9.17, 15) is 35.2 Å². The van der Waals surface area contributed by atoms with Crippen molar-refractivity contribution in [3.05, 3.63) is 82.3 Å². The number of nitrogens with zero attached hydrogens (tertiary/aromatic N) is 8. The highest BCUT2D eigenvalue weighted by molar-refractivity contribution is 7.92. The number of pyridine rings is 1. The number of anilines is 2. The predicted octanol–water partition coefficient (Wildman–Crippen LogP) is 6.56. The van der Waals surface area contributed by atoms with Crippen molar-refractivity contribution in [1.82, 2.24) is 39.7 Å². The lowest BCUT2D eigenvalue weighted by atomic mass is 9.94. The molecule has 0 spiro atoms. The lowest BCUT2D eigenvalue weighted by molar-refractivity contribution is -0.142. The molecule has 1 saturated carbocycles. The van der Waals surface area contributed by atoms with E-state index in [2.05, 4.69) is 37.0 Å². The maximum atomic E-state index is 15.5. The number of carbonyl (C=O) groups excluding carboxylic acids is 1. The molecular formula is C39H37F7N10O3S2. The zero-order valence-electron chi connectivity index (χ0n) is 32.7. The minimum atomic E-state index is -5.06. The maximum absolute atomic E-state index is 15.5. The van der Waals surface area contributed by atoms with Gasteiger partial charge in [-0.05, 0) is 55.1 Å². The number of hydrogen-bond acceptors (Lipinski definition) is 10. The Balaban J connectivity index is 1.19. The van der Waals surface area contributed by atoms with Gasteiger partial charge in [-0.25, -0.2) is 22.2 Å². The summed E-state index contributed by atoms with van der Waals surface area (Å²) in [6.07, 6.45) is -4.54. The van der Waals surface area contributed by atoms with Gasteiger partial charge in [-0.3, -0.25) is 18.9 Å². The summed E-state index contributed by atoms with van der Waals surface area (Å²) in [5.74, 6) is -8.86. The molecule has 61 heavy (non-hydrogen) atoms. The molecule has 1 saturated heterocycles. The van der Waals surface area contributed by atoms with Crippen molar-refractivity contribution < 1.29 is 43.9 Å². The zero-order chi connectivity index (χ0) is 43.3. The molecule has 22 heteroatoms. The van der Waals surface area contributed by atoms with Crippen molar-refractivity contribution in [2.75, 3.05) is 48.6 Å². The number of halogens is 7. The first kappa shape index (κ1) is 41.0. The zero-order valence-corrected chi connectivity index (χ0v) is 34.3. The average Bonchev–Trinajstić information content (AvgIpc) is 3.44. The van der Waals surface area contributed by atoms with E-state index >= 15 is 8.78 Å². The fourth-order valence-corrected chi connectivity index (χ4v) is 10.2. The number of sulfonamides is 1. The molecule has 9 rings (SSSR count). The van der Waals surface area contributed by atoms with Crippen LogP contribution in [0.2, 0.25) is 0 Å². The van der Waals surface area contributed by atoms with Crippen LogP contribution in [0.15, 0.2) is 42.5 Å². The molecule has 3 atom stereocenters. The minimum Gasteiger partial charge on any atom is -0.346 e. The van der Waals surface area contributed by atoms with Crippen molar-refractivity contribution in [2.24, 2.45) is 13.0 Å². The molecule has 1 unspecified atom stereocenters. The maximum Gasteiger partial charge on any atom is 0.435 e. The number of carbonyl (C=O) groups is 1. The molecule has 2 aliphatic carbocycles. The molecule has 2 N–H and O–H groups in total. The highest BCUT2D eigenvalue weighted by Crippen LogP contribution is 2.68. The number of aryl methyl sites for hydroxylation is 1. The van der Waals surface area contributed by atoms with Gasteiger partial charge in [-0.15, -0.1) is 0 Å². The number of hydrogen-bond donors (Lipinski definition) is 2. The highest BCUT2D eigenvalue weighted by atomic mass is 32.2. The number of amides is 1. The lowest BCUT2D eigenvalue weighted by Gasteiger charge is -2.33. The van der Waals surface area contributed by atoms with Crippen LogP contribution >= 0.6 is 11.3 Å². The predicted molar refractivity (Wildman–Crippen MR) is 213 cm³/mol. The third-order valence-electron chi connectivity index (χ3n) is 11.4. The van der Waals surface area contributed by atoms with Crippen molar-refractivity contribution in [1.29, 1.82) is 0 Å². The second-order valence-corrected chi connectivity index (χ2v) is 18.4. The van der Waals surface area contributed by atoms with E-state index in [4.69, 9.17) is 9.97 Å². The van der Waals surface area contributed by atoms with Crippen molar-refractivity contribution in [3.8, 4) is 11.1 Å². The molecule has 2 aromatic carbocycles. The third kappa shape index (κ3) is 7.55. The first-order valence-corrected chi connectivity index (χ1v) is 22.0. The van der Waals surface area contributed by atoms with Crippen molar-refractivity contribution in [2.45, 2.75) is 50.4 Å². The Hall–Kier alpha value is -5.35. The van der Waals surface area contributed by atoms with E-state index in [0.717, 1.165) is 38.0 Å². The molecule has 1 amide bonds. The van der Waals surface area contributed by atoms with Gasteiger partial charge in [0.05, 0.1) is 28.2 Å². The molecular weight excluding hydrogens is 854 g/mol. The summed E-state index contributed by atoms with van der Waals surface area (Å²) in [7, 11) is -2.18. The number of aromatic nitrogens is 6. The summed E-state index contributed by atoms with van der Waals surface area (Å²) in [4.78, 5) is 28.3. The fraction of sp³-hybridized carbons (Fsp3) is 0.410. The van der Waals surface area contributed by atoms with E-state index in [1.165, 1.54) is 16.0 Å². The summed E-state index contributed by atoms with van der Waals surface area (Å²) in [5, 5.41) is 11.7. The van der Waals surface area contributed by atoms with Crippen LogP contribution in [0.1, 0.15) is 53.5 Å². The SMILES string of the molecule is CCN1CCN(c2nc3nc([C@H](Cc4cc(F)cc(F)c4)NC(=O)Cn4nc(C(F)(F)F)c5c4C(F)(F)C4C[C@H]54)c(-c4cccc5c(NS(C)(=O)=O)nn(C)c45)cc3s2)CC1. The van der Waals surface area contributed by atoms with E-state index in [-0.39, 0.29) is 35.6 Å². The molecule has 322 valence electrons. The molecule has 3 aliphatic rings. The van der Waals surface area contributed by atoms with Crippen LogP contribution < -0.4 is 14.9 Å². The van der Waals surface area contributed by atoms with Crippen molar-refractivity contribution in [3.63, 3.8) is 0 Å². The number of piperazine rings is 1. The van der Waals surface area contributed by atoms with Crippen LogP contribution in [0, 0.1) is 17.6 Å². The summed E-state index contributed by atoms with van der Waals surface area (Å²) in [6.45, 7) is 4.92. The van der Waals surface area contributed by atoms with Gasteiger partial charge in [0.1, 0.15) is 23.9 Å². The smallest absolute Gasteiger partial charge is 0.346 e. The molecule has 6 aromatic rings. The van der Waals surface area contributed by atoms with Gasteiger partial charge >= 0.3 is 6.18 Å². The Morgan fingerprint density at radius 3 is 2.41 bits per heavy atom. The number of alkyl halides is 5. The third-order valence-corrected chi connectivity index (χ3v) is 13.1. The van der Waals surface area contributed by atoms with E-state index in [1.807, 2.05) is 0 Å². The molecule has 4 aromatic heterocycles. The van der Waals surface area contributed by atoms with E-state index in [0.29, 0.717) is 55.7 Å². The Bertz CT molecular complexity index is 2830. The van der Waals surface area contributed by atoms with Crippen LogP contribution in [0.5, 0.6) is 0 Å². The van der Waals surface area contributed by atoms with Crippen LogP contribution in [0.25, 0.3) is 32.4 Å². The Kier molecular flexibility index (Phi) is 9.85. The summed E-state index contributed by atoms with van der Waals surface area (Å²) in [5.41, 5.74) is -1.35. The lowest BCUT2D eigenvalue weighted by Crippen LogP contribution is -2.46. The van der Waals surface area contributed by atoms with Gasteiger partial charge in [0.25, 0.3) is 5.92 Å². The van der Waals surface area contributed by atoms with Crippen LogP contribution in [-0.2, 0) is 46.9 Å². The van der Waals surface area contributed by atoms with Gasteiger partial charge in [-0.2, -0.15) is 37.1 Å². The normalized spacial score (nSPS) is 19.3. The van der Waals surface area contributed by atoms with E-state index < -0.39 is 81.0 Å². The first-order chi connectivity index (χ1) is 28.8. The van der Waals surface area contributed by atoms with Gasteiger partial charge in [-0.1, -0.05) is 30.4 Å². The quantitative estimate of drug-likeness (QED) is 0.138. The summed E-state index contributed by atoms with van der Waals surface area (Å²) < 4.78 is 132. The Morgan fingerprint density at radius 1 is 1.02 bits per heavy atom. The number of likely N-dealkylation sites (N-methyl/N-ethyl adjacent to an activating group) is 1. The average molecular weight is 891 g/mol. The van der Waals surface area contributed by atoms with Gasteiger partial charge < -0.3 is 15.1 Å². The fourth-order valence-electron chi connectivity index (χ4n) is 8.69. The molecule has 0 radical (unpaired) electrons. The van der Waals surface area contributed by atoms with Gasteiger partial charge in [0.15, 0.2) is 22.3 Å². The second kappa shape index (κ2) is 14.6. The Morgan fingerprint density at radius 2 is 1.74 bits per heavy atom. The molecule has 2 fully saturated rings. The van der Waals surface area contributed by atoms with Crippen molar-refractivity contribution >= 4 is 59.5 Å². The summed E-state index contributed by atoms with van der Waals surface area (Å²) in [6, 6.07) is 8.25. The molecule has 0 bridgehead atoms. The first-order valence-electron chi connectivity index (χ1n) is 19.3. The molecule has 5 heterocycles. The number of rotatable bonds is 11. The monoisotopic (exact) mass is 890 g/mol. The number of para-hydroxylation sites is 1. The van der Waals surface area contributed by atoms with Crippen LogP contribution in [-0.4, -0.2) is 87.7 Å². The summed E-state index contributed by atoms with van der Waals surface area (Å²) >= 11 is 1.37. The number of benzene rings is 2. The highest BCUT2D eigenvalue weighted by Gasteiger charge is 2.68. The number of fused-ring (bicyclic) bond motifs is 5. The van der Waals surface area contributed by atoms with E-state index in [1.54, 1.807) is 31.3 Å². The number of nitrogens with one attached hydrogen (secondary N) is 2. The standard InChI is InChI=1S/C39H37F7N10O3S2/c1-4-54-8-10-55(11-9-54)37-49-36-28(60-37)17-24(22-6-5-7-23-32(22)53(2)51-35(23)52-61(3,58)59)31(48-36)27(14-19-12-20(40)15-21(41)13-19)47-29(57)18-56-34-30(33(50-56)39(44,45)46)25-16-26(25)38(34,42)43/h5-7,12-13,15,17,25-27H,4,8-11,14,16,18H2,1-3H3,(H,47,57)(H,51,52)/t25-,26?,27-/m0/s1. The Labute approximate surface area is 347 Å². The number of thiazole rings is 1. The topological polar surface area (TPSA) is 143 Å². The second-order valence-electron chi connectivity index (χ2n) is 15.6.